The van der Waals surface area contributed by atoms with E-state index < -0.39 is 0 Å². The Balaban J connectivity index is 1.71. The van der Waals surface area contributed by atoms with Gasteiger partial charge in [-0.2, -0.15) is 0 Å². The maximum atomic E-state index is 12.3. The molecular formula is C19H17BrN4O. The maximum Gasteiger partial charge on any atom is 0.275 e. The molecule has 3 aromatic rings. The molecule has 0 bridgehead atoms. The van der Waals surface area contributed by atoms with Crippen molar-refractivity contribution in [1.29, 1.82) is 0 Å². The number of rotatable bonds is 4. The van der Waals surface area contributed by atoms with Crippen molar-refractivity contribution >= 4 is 39.0 Å². The Kier molecular flexibility index (Phi) is 5.09. The van der Waals surface area contributed by atoms with Crippen molar-refractivity contribution in [1.82, 2.24) is 9.97 Å². The lowest BCUT2D eigenvalue weighted by Crippen LogP contribution is -2.15. The highest BCUT2D eigenvalue weighted by Gasteiger charge is 2.10. The highest BCUT2D eigenvalue weighted by Crippen LogP contribution is 2.25. The van der Waals surface area contributed by atoms with E-state index in [0.29, 0.717) is 5.82 Å². The maximum absolute atomic E-state index is 12.3. The lowest BCUT2D eigenvalue weighted by Gasteiger charge is -2.09. The number of hydrogen-bond acceptors (Lipinski definition) is 4. The van der Waals surface area contributed by atoms with Crippen LogP contribution >= 0.6 is 15.9 Å². The summed E-state index contributed by atoms with van der Waals surface area (Å²) in [6, 6.07) is 13.6. The number of amides is 1. The number of aryl methyl sites for hydroxylation is 2. The minimum Gasteiger partial charge on any atom is -0.338 e. The fraction of sp³-hybridized carbons (Fsp3) is 0.105. The predicted octanol–water partition coefficient (Wildman–Crippen LogP) is 4.85. The fourth-order valence-corrected chi connectivity index (χ4v) is 2.86. The molecule has 1 aromatic heterocycles. The van der Waals surface area contributed by atoms with Crippen molar-refractivity contribution in [2.24, 2.45) is 0 Å². The molecule has 2 aromatic carbocycles. The van der Waals surface area contributed by atoms with E-state index in [-0.39, 0.29) is 11.6 Å². The van der Waals surface area contributed by atoms with Crippen LogP contribution in [0.1, 0.15) is 21.6 Å². The van der Waals surface area contributed by atoms with E-state index in [0.717, 1.165) is 27.0 Å². The van der Waals surface area contributed by atoms with Gasteiger partial charge in [-0.05, 0) is 59.1 Å². The SMILES string of the molecule is Cc1ccc(Nc2cnc(C(=O)Nc3ccccc3C)cn2)c(Br)c1. The normalized spacial score (nSPS) is 10.4. The third-order valence-electron chi connectivity index (χ3n) is 3.67. The predicted molar refractivity (Wildman–Crippen MR) is 103 cm³/mol. The van der Waals surface area contributed by atoms with Crippen LogP contribution in [0, 0.1) is 13.8 Å². The zero-order valence-corrected chi connectivity index (χ0v) is 15.5. The minimum absolute atomic E-state index is 0.261. The molecule has 0 atom stereocenters. The summed E-state index contributed by atoms with van der Waals surface area (Å²) in [6.45, 7) is 3.96. The molecule has 3 rings (SSSR count). The van der Waals surface area contributed by atoms with E-state index in [1.807, 2.05) is 56.3 Å². The summed E-state index contributed by atoms with van der Waals surface area (Å²) in [6.07, 6.45) is 3.00. The molecule has 6 heteroatoms. The Bertz CT molecular complexity index is 910. The number of carbonyl (C=O) groups excluding carboxylic acids is 1. The molecule has 25 heavy (non-hydrogen) atoms. The van der Waals surface area contributed by atoms with Gasteiger partial charge in [0.25, 0.3) is 5.91 Å². The van der Waals surface area contributed by atoms with Gasteiger partial charge in [-0.15, -0.1) is 0 Å². The van der Waals surface area contributed by atoms with Crippen LogP contribution in [0.5, 0.6) is 0 Å². The van der Waals surface area contributed by atoms with Gasteiger partial charge in [-0.25, -0.2) is 9.97 Å². The molecule has 0 saturated heterocycles. The van der Waals surface area contributed by atoms with Crippen molar-refractivity contribution in [2.45, 2.75) is 13.8 Å². The average Bonchev–Trinajstić information content (AvgIpc) is 2.60. The van der Waals surface area contributed by atoms with Crippen molar-refractivity contribution in [3.05, 3.63) is 76.2 Å². The number of nitrogens with one attached hydrogen (secondary N) is 2. The molecule has 0 unspecified atom stereocenters. The fourth-order valence-electron chi connectivity index (χ4n) is 2.27. The van der Waals surface area contributed by atoms with Crippen LogP contribution in [-0.4, -0.2) is 15.9 Å². The topological polar surface area (TPSA) is 66.9 Å². The van der Waals surface area contributed by atoms with Gasteiger partial charge in [-0.3, -0.25) is 4.79 Å². The molecule has 0 radical (unpaired) electrons. The smallest absolute Gasteiger partial charge is 0.275 e. The summed E-state index contributed by atoms with van der Waals surface area (Å²) in [5.74, 6) is 0.280. The molecule has 0 aliphatic rings. The van der Waals surface area contributed by atoms with Crippen molar-refractivity contribution in [2.75, 3.05) is 10.6 Å². The summed E-state index contributed by atoms with van der Waals surface area (Å²) in [7, 11) is 0. The second kappa shape index (κ2) is 7.44. The second-order valence-corrected chi connectivity index (χ2v) is 6.52. The summed E-state index contributed by atoms with van der Waals surface area (Å²) in [5.41, 5.74) is 4.06. The third-order valence-corrected chi connectivity index (χ3v) is 4.32. The number of anilines is 3. The monoisotopic (exact) mass is 396 g/mol. The summed E-state index contributed by atoms with van der Waals surface area (Å²) < 4.78 is 0.940. The Morgan fingerprint density at radius 3 is 2.48 bits per heavy atom. The van der Waals surface area contributed by atoms with Gasteiger partial charge in [0, 0.05) is 10.2 Å². The van der Waals surface area contributed by atoms with E-state index in [9.17, 15) is 4.79 Å². The molecule has 1 heterocycles. The van der Waals surface area contributed by atoms with E-state index in [2.05, 4.69) is 36.5 Å². The first-order chi connectivity index (χ1) is 12.0. The minimum atomic E-state index is -0.287. The molecule has 0 aliphatic heterocycles. The van der Waals surface area contributed by atoms with E-state index in [1.165, 1.54) is 6.20 Å². The summed E-state index contributed by atoms with van der Waals surface area (Å²) in [4.78, 5) is 20.7. The molecule has 0 spiro atoms. The summed E-state index contributed by atoms with van der Waals surface area (Å²) in [5, 5.41) is 6.01. The number of aromatic nitrogens is 2. The molecule has 0 fully saturated rings. The lowest BCUT2D eigenvalue weighted by atomic mass is 10.2. The quantitative estimate of drug-likeness (QED) is 0.661. The van der Waals surface area contributed by atoms with Gasteiger partial charge < -0.3 is 10.6 Å². The first kappa shape index (κ1) is 17.1. The molecule has 1 amide bonds. The zero-order chi connectivity index (χ0) is 17.8. The number of halogens is 1. The van der Waals surface area contributed by atoms with Crippen LogP contribution in [0.2, 0.25) is 0 Å². The van der Waals surface area contributed by atoms with Gasteiger partial charge >= 0.3 is 0 Å². The van der Waals surface area contributed by atoms with E-state index in [4.69, 9.17) is 0 Å². The van der Waals surface area contributed by atoms with E-state index in [1.54, 1.807) is 6.20 Å². The Labute approximate surface area is 154 Å². The van der Waals surface area contributed by atoms with Crippen LogP contribution in [0.3, 0.4) is 0 Å². The number of carbonyl (C=O) groups is 1. The number of para-hydroxylation sites is 1. The second-order valence-electron chi connectivity index (χ2n) is 5.66. The van der Waals surface area contributed by atoms with Crippen LogP contribution in [0.25, 0.3) is 0 Å². The van der Waals surface area contributed by atoms with Gasteiger partial charge in [0.1, 0.15) is 11.5 Å². The third kappa shape index (κ3) is 4.22. The molecule has 126 valence electrons. The zero-order valence-electron chi connectivity index (χ0n) is 13.9. The van der Waals surface area contributed by atoms with Gasteiger partial charge in [-0.1, -0.05) is 24.3 Å². The molecule has 0 aliphatic carbocycles. The molecular weight excluding hydrogens is 380 g/mol. The highest BCUT2D eigenvalue weighted by atomic mass is 79.9. The van der Waals surface area contributed by atoms with Crippen molar-refractivity contribution in [3.63, 3.8) is 0 Å². The molecule has 0 saturated carbocycles. The summed E-state index contributed by atoms with van der Waals surface area (Å²) >= 11 is 3.51. The van der Waals surface area contributed by atoms with Gasteiger partial charge in [0.2, 0.25) is 0 Å². The van der Waals surface area contributed by atoms with Gasteiger partial charge in [0.05, 0.1) is 18.1 Å². The molecule has 2 N–H and O–H groups in total. The Hall–Kier alpha value is -2.73. The number of benzene rings is 2. The van der Waals surface area contributed by atoms with Crippen LogP contribution in [0.15, 0.2) is 59.3 Å². The van der Waals surface area contributed by atoms with Gasteiger partial charge in [0.15, 0.2) is 0 Å². The van der Waals surface area contributed by atoms with Crippen LogP contribution < -0.4 is 10.6 Å². The van der Waals surface area contributed by atoms with Crippen molar-refractivity contribution in [3.8, 4) is 0 Å². The molecule has 5 nitrogen and oxygen atoms in total. The average molecular weight is 397 g/mol. The standard InChI is InChI=1S/C19H17BrN4O/c1-12-7-8-16(14(20)9-12)23-18-11-21-17(10-22-18)19(25)24-15-6-4-3-5-13(15)2/h3-11H,1-2H3,(H,22,23)(H,24,25). The highest BCUT2D eigenvalue weighted by molar-refractivity contribution is 9.10. The first-order valence-corrected chi connectivity index (χ1v) is 8.54. The van der Waals surface area contributed by atoms with Crippen LogP contribution in [-0.2, 0) is 0 Å². The van der Waals surface area contributed by atoms with Crippen molar-refractivity contribution < 1.29 is 4.79 Å². The Morgan fingerprint density at radius 1 is 1.00 bits per heavy atom. The number of hydrogen-bond donors (Lipinski definition) is 2. The van der Waals surface area contributed by atoms with Crippen LogP contribution in [0.4, 0.5) is 17.2 Å². The lowest BCUT2D eigenvalue weighted by molar-refractivity contribution is 0.102. The largest absolute Gasteiger partial charge is 0.338 e. The Morgan fingerprint density at radius 2 is 1.80 bits per heavy atom. The number of nitrogens with zero attached hydrogens (tertiary/aromatic N) is 2. The first-order valence-electron chi connectivity index (χ1n) is 7.75. The van der Waals surface area contributed by atoms with E-state index >= 15 is 0 Å².